The van der Waals surface area contributed by atoms with E-state index in [1.807, 2.05) is 12.1 Å². The summed E-state index contributed by atoms with van der Waals surface area (Å²) in [6.07, 6.45) is 0. The highest BCUT2D eigenvalue weighted by molar-refractivity contribution is 5.69. The molecule has 0 saturated carbocycles. The molecular weight excluding hydrogens is 237 g/mol. The van der Waals surface area contributed by atoms with Gasteiger partial charge in [-0.1, -0.05) is 38.1 Å². The van der Waals surface area contributed by atoms with Gasteiger partial charge in [0, 0.05) is 12.2 Å². The third-order valence-corrected chi connectivity index (χ3v) is 3.12. The Morgan fingerprint density at radius 2 is 1.63 bits per heavy atom. The zero-order valence-corrected chi connectivity index (χ0v) is 11.7. The standard InChI is InChI=1S/C17H20FN/c1-12(2)11-19-17-10-15(5-4-13(17)3)14-6-8-16(18)9-7-14/h4-10,12,19H,11H2,1-3H3. The van der Waals surface area contributed by atoms with E-state index in [1.54, 1.807) is 0 Å². The highest BCUT2D eigenvalue weighted by Gasteiger charge is 2.03. The van der Waals surface area contributed by atoms with Gasteiger partial charge in [0.05, 0.1) is 0 Å². The molecule has 0 heterocycles. The Morgan fingerprint density at radius 3 is 2.26 bits per heavy atom. The van der Waals surface area contributed by atoms with Crippen molar-refractivity contribution in [2.45, 2.75) is 20.8 Å². The van der Waals surface area contributed by atoms with Crippen LogP contribution in [0.2, 0.25) is 0 Å². The van der Waals surface area contributed by atoms with E-state index in [9.17, 15) is 4.39 Å². The van der Waals surface area contributed by atoms with Crippen molar-refractivity contribution in [1.82, 2.24) is 0 Å². The number of hydrogen-bond donors (Lipinski definition) is 1. The third kappa shape index (κ3) is 3.57. The van der Waals surface area contributed by atoms with Crippen LogP contribution < -0.4 is 5.32 Å². The molecule has 0 atom stereocenters. The minimum Gasteiger partial charge on any atom is -0.385 e. The maximum Gasteiger partial charge on any atom is 0.123 e. The highest BCUT2D eigenvalue weighted by atomic mass is 19.1. The van der Waals surface area contributed by atoms with Crippen molar-refractivity contribution >= 4 is 5.69 Å². The second-order valence-corrected chi connectivity index (χ2v) is 5.31. The first-order valence-electron chi connectivity index (χ1n) is 6.66. The van der Waals surface area contributed by atoms with Crippen LogP contribution in [0.1, 0.15) is 19.4 Å². The summed E-state index contributed by atoms with van der Waals surface area (Å²) in [5.74, 6) is 0.405. The van der Waals surface area contributed by atoms with Gasteiger partial charge < -0.3 is 5.32 Å². The lowest BCUT2D eigenvalue weighted by atomic mass is 10.0. The molecular formula is C17H20FN. The first-order valence-corrected chi connectivity index (χ1v) is 6.66. The molecule has 0 aromatic heterocycles. The largest absolute Gasteiger partial charge is 0.385 e. The molecule has 0 radical (unpaired) electrons. The summed E-state index contributed by atoms with van der Waals surface area (Å²) in [7, 11) is 0. The van der Waals surface area contributed by atoms with Crippen molar-refractivity contribution in [2.75, 3.05) is 11.9 Å². The zero-order chi connectivity index (χ0) is 13.8. The fraction of sp³-hybridized carbons (Fsp3) is 0.294. The van der Waals surface area contributed by atoms with Crippen molar-refractivity contribution in [3.8, 4) is 11.1 Å². The average Bonchev–Trinajstić information content (AvgIpc) is 2.39. The Hall–Kier alpha value is -1.83. The first kappa shape index (κ1) is 13.6. The summed E-state index contributed by atoms with van der Waals surface area (Å²) in [4.78, 5) is 0. The highest BCUT2D eigenvalue weighted by Crippen LogP contribution is 2.25. The summed E-state index contributed by atoms with van der Waals surface area (Å²) in [6, 6.07) is 12.9. The van der Waals surface area contributed by atoms with Crippen molar-refractivity contribution in [1.29, 1.82) is 0 Å². The van der Waals surface area contributed by atoms with Crippen LogP contribution in [0, 0.1) is 18.7 Å². The predicted molar refractivity (Wildman–Crippen MR) is 79.9 cm³/mol. The van der Waals surface area contributed by atoms with Gasteiger partial charge in [-0.05, 0) is 47.7 Å². The Kier molecular flexibility index (Phi) is 4.20. The molecule has 2 heteroatoms. The van der Waals surface area contributed by atoms with Gasteiger partial charge in [-0.25, -0.2) is 4.39 Å². The van der Waals surface area contributed by atoms with E-state index in [1.165, 1.54) is 17.7 Å². The van der Waals surface area contributed by atoms with Crippen molar-refractivity contribution in [3.05, 3.63) is 53.8 Å². The molecule has 2 aromatic carbocycles. The second-order valence-electron chi connectivity index (χ2n) is 5.31. The quantitative estimate of drug-likeness (QED) is 0.824. The van der Waals surface area contributed by atoms with Crippen molar-refractivity contribution < 1.29 is 4.39 Å². The molecule has 0 unspecified atom stereocenters. The topological polar surface area (TPSA) is 12.0 Å². The van der Waals surface area contributed by atoms with Crippen LogP contribution in [0.3, 0.4) is 0 Å². The molecule has 0 bridgehead atoms. The molecule has 1 N–H and O–H groups in total. The Labute approximate surface area is 114 Å². The summed E-state index contributed by atoms with van der Waals surface area (Å²) in [6.45, 7) is 7.42. The molecule has 2 rings (SSSR count). The Balaban J connectivity index is 2.27. The first-order chi connectivity index (χ1) is 9.06. The molecule has 0 saturated heterocycles. The van der Waals surface area contributed by atoms with Crippen LogP contribution in [0.25, 0.3) is 11.1 Å². The van der Waals surface area contributed by atoms with Crippen LogP contribution in [-0.4, -0.2) is 6.54 Å². The fourth-order valence-electron chi connectivity index (χ4n) is 1.95. The average molecular weight is 257 g/mol. The number of benzene rings is 2. The number of aryl methyl sites for hydroxylation is 1. The zero-order valence-electron chi connectivity index (χ0n) is 11.7. The smallest absolute Gasteiger partial charge is 0.123 e. The number of anilines is 1. The Bertz CT molecular complexity index is 544. The molecule has 0 fully saturated rings. The van der Waals surface area contributed by atoms with Gasteiger partial charge in [-0.2, -0.15) is 0 Å². The summed E-state index contributed by atoms with van der Waals surface area (Å²) in [5, 5.41) is 3.46. The molecule has 19 heavy (non-hydrogen) atoms. The molecule has 0 spiro atoms. The normalized spacial score (nSPS) is 10.8. The SMILES string of the molecule is Cc1ccc(-c2ccc(F)cc2)cc1NCC(C)C. The maximum absolute atomic E-state index is 12.9. The fourth-order valence-corrected chi connectivity index (χ4v) is 1.95. The van der Waals surface area contributed by atoms with Gasteiger partial charge in [0.1, 0.15) is 5.82 Å². The minimum atomic E-state index is -0.200. The molecule has 2 aromatic rings. The lowest BCUT2D eigenvalue weighted by Crippen LogP contribution is -2.08. The lowest BCUT2D eigenvalue weighted by Gasteiger charge is -2.13. The van der Waals surface area contributed by atoms with E-state index < -0.39 is 0 Å². The third-order valence-electron chi connectivity index (χ3n) is 3.12. The summed E-state index contributed by atoms with van der Waals surface area (Å²) < 4.78 is 12.9. The second kappa shape index (κ2) is 5.87. The van der Waals surface area contributed by atoms with E-state index in [4.69, 9.17) is 0 Å². The monoisotopic (exact) mass is 257 g/mol. The van der Waals surface area contributed by atoms with E-state index in [0.717, 1.165) is 23.4 Å². The van der Waals surface area contributed by atoms with Gasteiger partial charge in [0.2, 0.25) is 0 Å². The maximum atomic E-state index is 12.9. The van der Waals surface area contributed by atoms with Crippen LogP contribution in [0.4, 0.5) is 10.1 Å². The number of nitrogens with one attached hydrogen (secondary N) is 1. The molecule has 100 valence electrons. The molecule has 0 aliphatic heterocycles. The molecule has 0 aliphatic rings. The van der Waals surface area contributed by atoms with Gasteiger partial charge in [-0.15, -0.1) is 0 Å². The number of hydrogen-bond acceptors (Lipinski definition) is 1. The van der Waals surface area contributed by atoms with Gasteiger partial charge >= 0.3 is 0 Å². The van der Waals surface area contributed by atoms with E-state index in [-0.39, 0.29) is 5.82 Å². The Morgan fingerprint density at radius 1 is 1.00 bits per heavy atom. The van der Waals surface area contributed by atoms with Gasteiger partial charge in [0.15, 0.2) is 0 Å². The van der Waals surface area contributed by atoms with Crippen LogP contribution in [0.15, 0.2) is 42.5 Å². The van der Waals surface area contributed by atoms with Crippen LogP contribution >= 0.6 is 0 Å². The van der Waals surface area contributed by atoms with E-state index in [2.05, 4.69) is 44.3 Å². The summed E-state index contributed by atoms with van der Waals surface area (Å²) >= 11 is 0. The van der Waals surface area contributed by atoms with Crippen LogP contribution in [0.5, 0.6) is 0 Å². The summed E-state index contributed by atoms with van der Waals surface area (Å²) in [5.41, 5.74) is 4.52. The van der Waals surface area contributed by atoms with E-state index in [0.29, 0.717) is 5.92 Å². The molecule has 1 nitrogen and oxygen atoms in total. The number of halogens is 1. The van der Waals surface area contributed by atoms with Crippen molar-refractivity contribution in [2.24, 2.45) is 5.92 Å². The van der Waals surface area contributed by atoms with Crippen LogP contribution in [-0.2, 0) is 0 Å². The van der Waals surface area contributed by atoms with Gasteiger partial charge in [-0.3, -0.25) is 0 Å². The van der Waals surface area contributed by atoms with Gasteiger partial charge in [0.25, 0.3) is 0 Å². The lowest BCUT2D eigenvalue weighted by molar-refractivity contribution is 0.628. The molecule has 0 aliphatic carbocycles. The predicted octanol–water partition coefficient (Wildman–Crippen LogP) is 4.87. The molecule has 0 amide bonds. The van der Waals surface area contributed by atoms with E-state index >= 15 is 0 Å². The van der Waals surface area contributed by atoms with Crippen molar-refractivity contribution in [3.63, 3.8) is 0 Å². The minimum absolute atomic E-state index is 0.200. The number of rotatable bonds is 4.